The molecule has 0 aliphatic carbocycles. The minimum absolute atomic E-state index is 1.23. The van der Waals surface area contributed by atoms with Gasteiger partial charge in [0.25, 0.3) is 0 Å². The Labute approximate surface area is 114 Å². The van der Waals surface area contributed by atoms with Crippen molar-refractivity contribution < 1.29 is 0 Å². The van der Waals surface area contributed by atoms with Crippen LogP contribution in [0.4, 0.5) is 0 Å². The Morgan fingerprint density at radius 3 is 2.05 bits per heavy atom. The van der Waals surface area contributed by atoms with E-state index in [-0.39, 0.29) is 0 Å². The molecule has 0 aliphatic rings. The molecule has 0 aromatic heterocycles. The molecule has 0 saturated carbocycles. The summed E-state index contributed by atoms with van der Waals surface area (Å²) in [7, 11) is 0. The zero-order valence-corrected chi connectivity index (χ0v) is 11.0. The molecule has 0 amide bonds. The molecule has 0 aliphatic heterocycles. The molecule has 19 heavy (non-hydrogen) atoms. The van der Waals surface area contributed by atoms with Crippen molar-refractivity contribution in [2.24, 2.45) is 0 Å². The maximum atomic E-state index is 2.22. The fourth-order valence-electron chi connectivity index (χ4n) is 2.18. The minimum atomic E-state index is 1.23. The number of rotatable bonds is 2. The van der Waals surface area contributed by atoms with Gasteiger partial charge in [-0.3, -0.25) is 0 Å². The van der Waals surface area contributed by atoms with Crippen LogP contribution < -0.4 is 0 Å². The number of hydrogen-bond acceptors (Lipinski definition) is 0. The van der Waals surface area contributed by atoms with E-state index >= 15 is 0 Å². The predicted molar refractivity (Wildman–Crippen MR) is 84.1 cm³/mol. The topological polar surface area (TPSA) is 0 Å². The van der Waals surface area contributed by atoms with Crippen LogP contribution in [0.5, 0.6) is 0 Å². The van der Waals surface area contributed by atoms with Crippen LogP contribution in [0.3, 0.4) is 0 Å². The first kappa shape index (κ1) is 11.7. The fraction of sp³-hybridized carbons (Fsp3) is 0.0526. The van der Waals surface area contributed by atoms with E-state index in [0.717, 1.165) is 0 Å². The predicted octanol–water partition coefficient (Wildman–Crippen LogP) is 5.32. The zero-order chi connectivity index (χ0) is 13.1. The third-order valence-corrected chi connectivity index (χ3v) is 3.32. The third-order valence-electron chi connectivity index (χ3n) is 3.32. The van der Waals surface area contributed by atoms with E-state index in [9.17, 15) is 0 Å². The molecule has 3 aromatic rings. The summed E-state index contributed by atoms with van der Waals surface area (Å²) < 4.78 is 0. The van der Waals surface area contributed by atoms with E-state index in [1.807, 2.05) is 0 Å². The van der Waals surface area contributed by atoms with E-state index in [1.54, 1.807) is 0 Å². The maximum Gasteiger partial charge on any atom is -0.0178 e. The van der Waals surface area contributed by atoms with Crippen LogP contribution in [0.2, 0.25) is 0 Å². The Morgan fingerprint density at radius 1 is 0.632 bits per heavy atom. The zero-order valence-electron chi connectivity index (χ0n) is 11.0. The van der Waals surface area contributed by atoms with Gasteiger partial charge in [0.15, 0.2) is 0 Å². The Balaban J connectivity index is 1.90. The van der Waals surface area contributed by atoms with Gasteiger partial charge in [0, 0.05) is 0 Å². The lowest BCUT2D eigenvalue weighted by Crippen LogP contribution is -1.76. The summed E-state index contributed by atoms with van der Waals surface area (Å²) in [5.74, 6) is 0. The number of hydrogen-bond donors (Lipinski definition) is 0. The van der Waals surface area contributed by atoms with Crippen LogP contribution in [0.1, 0.15) is 16.7 Å². The molecule has 92 valence electrons. The highest BCUT2D eigenvalue weighted by Crippen LogP contribution is 2.17. The van der Waals surface area contributed by atoms with E-state index < -0.39 is 0 Å². The van der Waals surface area contributed by atoms with Crippen molar-refractivity contribution >= 4 is 22.9 Å². The van der Waals surface area contributed by atoms with Crippen LogP contribution in [-0.4, -0.2) is 0 Å². The van der Waals surface area contributed by atoms with Gasteiger partial charge in [0.1, 0.15) is 0 Å². The molecule has 3 aromatic carbocycles. The van der Waals surface area contributed by atoms with Crippen LogP contribution in [0, 0.1) is 6.92 Å². The molecule has 0 nitrogen and oxygen atoms in total. The minimum Gasteiger partial charge on any atom is -0.0616 e. The molecule has 0 unspecified atom stereocenters. The fourth-order valence-corrected chi connectivity index (χ4v) is 2.18. The lowest BCUT2D eigenvalue weighted by molar-refractivity contribution is 1.46. The molecule has 0 radical (unpaired) electrons. The van der Waals surface area contributed by atoms with Crippen LogP contribution in [-0.2, 0) is 0 Å². The van der Waals surface area contributed by atoms with Crippen LogP contribution >= 0.6 is 0 Å². The lowest BCUT2D eigenvalue weighted by Gasteiger charge is -1.99. The molecule has 0 atom stereocenters. The van der Waals surface area contributed by atoms with Gasteiger partial charge in [-0.15, -0.1) is 0 Å². The van der Waals surface area contributed by atoms with Crippen molar-refractivity contribution in [2.45, 2.75) is 6.92 Å². The van der Waals surface area contributed by atoms with Gasteiger partial charge < -0.3 is 0 Å². The molecule has 0 heteroatoms. The summed E-state index contributed by atoms with van der Waals surface area (Å²) in [6, 6.07) is 23.6. The highest BCUT2D eigenvalue weighted by atomic mass is 14.0. The molecule has 3 rings (SSSR count). The molecular weight excluding hydrogens is 228 g/mol. The normalized spacial score (nSPS) is 11.2. The summed E-state index contributed by atoms with van der Waals surface area (Å²) in [5.41, 5.74) is 3.76. The first-order valence-corrected chi connectivity index (χ1v) is 6.55. The van der Waals surface area contributed by atoms with Crippen molar-refractivity contribution in [3.8, 4) is 0 Å². The van der Waals surface area contributed by atoms with Gasteiger partial charge in [-0.2, -0.15) is 0 Å². The average molecular weight is 244 g/mol. The highest BCUT2D eigenvalue weighted by molar-refractivity contribution is 5.85. The Morgan fingerprint density at radius 2 is 1.26 bits per heavy atom. The molecule has 0 N–H and O–H groups in total. The van der Waals surface area contributed by atoms with Crippen molar-refractivity contribution in [1.29, 1.82) is 0 Å². The molecule has 0 spiro atoms. The van der Waals surface area contributed by atoms with Crippen molar-refractivity contribution in [3.63, 3.8) is 0 Å². The summed E-state index contributed by atoms with van der Waals surface area (Å²) in [4.78, 5) is 0. The second-order valence-corrected chi connectivity index (χ2v) is 4.85. The summed E-state index contributed by atoms with van der Waals surface area (Å²) >= 11 is 0. The molecule has 0 saturated heterocycles. The van der Waals surface area contributed by atoms with Crippen LogP contribution in [0.25, 0.3) is 22.9 Å². The van der Waals surface area contributed by atoms with Crippen molar-refractivity contribution in [1.82, 2.24) is 0 Å². The highest BCUT2D eigenvalue weighted by Gasteiger charge is 1.93. The van der Waals surface area contributed by atoms with Crippen molar-refractivity contribution in [2.75, 3.05) is 0 Å². The third kappa shape index (κ3) is 2.74. The first-order valence-electron chi connectivity index (χ1n) is 6.55. The molecular formula is C19H16. The summed E-state index contributed by atoms with van der Waals surface area (Å²) in [6.07, 6.45) is 4.32. The first-order chi connectivity index (χ1) is 9.31. The monoisotopic (exact) mass is 244 g/mol. The Bertz CT molecular complexity index is 718. The summed E-state index contributed by atoms with van der Waals surface area (Å²) in [5, 5.41) is 2.57. The molecule has 0 heterocycles. The van der Waals surface area contributed by atoms with Gasteiger partial charge in [-0.05, 0) is 34.9 Å². The van der Waals surface area contributed by atoms with Gasteiger partial charge >= 0.3 is 0 Å². The summed E-state index contributed by atoms with van der Waals surface area (Å²) in [6.45, 7) is 2.11. The SMILES string of the molecule is Cc1ccc(/C=C/c2ccc3ccccc3c2)cc1. The largest absolute Gasteiger partial charge is 0.0616 e. The maximum absolute atomic E-state index is 2.22. The quantitative estimate of drug-likeness (QED) is 0.535. The van der Waals surface area contributed by atoms with Gasteiger partial charge in [-0.25, -0.2) is 0 Å². The van der Waals surface area contributed by atoms with E-state index in [1.165, 1.54) is 27.5 Å². The van der Waals surface area contributed by atoms with Crippen molar-refractivity contribution in [3.05, 3.63) is 83.4 Å². The average Bonchev–Trinajstić information content (AvgIpc) is 2.46. The van der Waals surface area contributed by atoms with E-state index in [2.05, 4.69) is 85.8 Å². The van der Waals surface area contributed by atoms with E-state index in [4.69, 9.17) is 0 Å². The van der Waals surface area contributed by atoms with Gasteiger partial charge in [0.2, 0.25) is 0 Å². The number of fused-ring (bicyclic) bond motifs is 1. The Hall–Kier alpha value is -2.34. The number of benzene rings is 3. The molecule has 0 bridgehead atoms. The number of aryl methyl sites for hydroxylation is 1. The lowest BCUT2D eigenvalue weighted by atomic mass is 10.1. The standard InChI is InChI=1S/C19H16/c1-15-6-8-16(9-7-15)10-11-17-12-13-18-4-2-3-5-19(18)14-17/h2-14H,1H3/b11-10+. The van der Waals surface area contributed by atoms with E-state index in [0.29, 0.717) is 0 Å². The van der Waals surface area contributed by atoms with Gasteiger partial charge in [0.05, 0.1) is 0 Å². The van der Waals surface area contributed by atoms with Gasteiger partial charge in [-0.1, -0.05) is 78.4 Å². The van der Waals surface area contributed by atoms with Crippen LogP contribution in [0.15, 0.2) is 66.7 Å². The second-order valence-electron chi connectivity index (χ2n) is 4.85. The Kier molecular flexibility index (Phi) is 3.16. The second kappa shape index (κ2) is 5.11. The smallest absolute Gasteiger partial charge is 0.0178 e. The molecule has 0 fully saturated rings.